The number of fused-ring (bicyclic) bond motifs is 1. The van der Waals surface area contributed by atoms with Crippen molar-refractivity contribution >= 4 is 17.0 Å². The molecule has 3 N–H and O–H groups in total. The molecule has 0 aliphatic heterocycles. The highest BCUT2D eigenvalue weighted by Crippen LogP contribution is 2.14. The lowest BCUT2D eigenvalue weighted by Crippen LogP contribution is -2.15. The Morgan fingerprint density at radius 1 is 1.38 bits per heavy atom. The molecule has 0 amide bonds. The summed E-state index contributed by atoms with van der Waals surface area (Å²) in [5.41, 5.74) is 6.74. The smallest absolute Gasteiger partial charge is 0.327 e. The van der Waals surface area contributed by atoms with Crippen molar-refractivity contribution in [3.63, 3.8) is 0 Å². The minimum atomic E-state index is -0.188. The number of nitrogens with two attached hydrogens (primary N) is 1. The minimum Gasteiger partial charge on any atom is -0.382 e. The molecule has 2 heterocycles. The summed E-state index contributed by atoms with van der Waals surface area (Å²) in [5, 5.41) is 0. The normalized spacial score (nSPS) is 11.1. The predicted molar refractivity (Wildman–Crippen MR) is 62.2 cm³/mol. The van der Waals surface area contributed by atoms with E-state index in [4.69, 9.17) is 5.73 Å². The largest absolute Gasteiger partial charge is 0.382 e. The molecule has 0 aromatic carbocycles. The molecule has 2 rings (SSSR count). The summed E-state index contributed by atoms with van der Waals surface area (Å²) in [4.78, 5) is 22.8. The summed E-state index contributed by atoms with van der Waals surface area (Å²) >= 11 is 0. The van der Waals surface area contributed by atoms with E-state index in [1.54, 1.807) is 4.57 Å². The van der Waals surface area contributed by atoms with Crippen LogP contribution in [0.4, 0.5) is 5.82 Å². The molecule has 6 heteroatoms. The lowest BCUT2D eigenvalue weighted by atomic mass is 10.3. The van der Waals surface area contributed by atoms with E-state index in [9.17, 15) is 4.79 Å². The summed E-state index contributed by atoms with van der Waals surface area (Å²) in [7, 11) is 0. The topological polar surface area (TPSA) is 89.6 Å². The van der Waals surface area contributed by atoms with Crippen LogP contribution in [0, 0.1) is 0 Å². The quantitative estimate of drug-likeness (QED) is 0.797. The van der Waals surface area contributed by atoms with Gasteiger partial charge in [0.2, 0.25) is 0 Å². The average molecular weight is 221 g/mol. The minimum absolute atomic E-state index is 0.188. The van der Waals surface area contributed by atoms with Crippen LogP contribution in [0.3, 0.4) is 0 Å². The van der Waals surface area contributed by atoms with Crippen molar-refractivity contribution in [2.75, 3.05) is 5.73 Å². The Labute approximate surface area is 92.5 Å². The summed E-state index contributed by atoms with van der Waals surface area (Å²) in [6, 6.07) is 0. The van der Waals surface area contributed by atoms with Gasteiger partial charge in [-0.15, -0.1) is 0 Å². The molecule has 0 saturated heterocycles. The molecule has 0 bridgehead atoms. The zero-order chi connectivity index (χ0) is 11.7. The van der Waals surface area contributed by atoms with Crippen LogP contribution >= 0.6 is 0 Å². The first kappa shape index (κ1) is 10.7. The molecule has 0 unspecified atom stereocenters. The number of aromatic nitrogens is 4. The van der Waals surface area contributed by atoms with Crippen LogP contribution in [0.5, 0.6) is 0 Å². The highest BCUT2D eigenvalue weighted by Gasteiger charge is 2.11. The second-order valence-corrected chi connectivity index (χ2v) is 3.65. The van der Waals surface area contributed by atoms with Crippen molar-refractivity contribution < 1.29 is 0 Å². The number of hydrogen-bond acceptors (Lipinski definition) is 4. The standard InChI is InChI=1S/C10H15N5O/c1-3-5-6-12-8(11)7-9(13-6)15(4-2)10(16)14-7/h3-5H2,1-2H3,(H,14,16)(H2,11,12,13). The maximum absolute atomic E-state index is 11.6. The third-order valence-electron chi connectivity index (χ3n) is 2.49. The summed E-state index contributed by atoms with van der Waals surface area (Å²) in [6.07, 6.45) is 1.72. The summed E-state index contributed by atoms with van der Waals surface area (Å²) < 4.78 is 1.56. The highest BCUT2D eigenvalue weighted by atomic mass is 16.1. The van der Waals surface area contributed by atoms with Crippen molar-refractivity contribution in [1.82, 2.24) is 19.5 Å². The van der Waals surface area contributed by atoms with E-state index in [0.29, 0.717) is 29.4 Å². The molecule has 2 aromatic heterocycles. The number of nitrogens with zero attached hydrogens (tertiary/aromatic N) is 3. The van der Waals surface area contributed by atoms with Gasteiger partial charge in [0.15, 0.2) is 11.5 Å². The third-order valence-corrected chi connectivity index (χ3v) is 2.49. The van der Waals surface area contributed by atoms with E-state index in [0.717, 1.165) is 12.8 Å². The monoisotopic (exact) mass is 221 g/mol. The molecule has 2 aromatic rings. The van der Waals surface area contributed by atoms with Crippen LogP contribution < -0.4 is 11.4 Å². The van der Waals surface area contributed by atoms with E-state index in [1.165, 1.54) is 0 Å². The van der Waals surface area contributed by atoms with Crippen LogP contribution in [0.15, 0.2) is 4.79 Å². The number of rotatable bonds is 3. The summed E-state index contributed by atoms with van der Waals surface area (Å²) in [6.45, 7) is 4.51. The van der Waals surface area contributed by atoms with E-state index in [1.807, 2.05) is 13.8 Å². The van der Waals surface area contributed by atoms with Crippen LogP contribution in [0.1, 0.15) is 26.1 Å². The van der Waals surface area contributed by atoms with Gasteiger partial charge in [-0.25, -0.2) is 14.8 Å². The molecule has 86 valence electrons. The Morgan fingerprint density at radius 2 is 2.12 bits per heavy atom. The predicted octanol–water partition coefficient (Wildman–Crippen LogP) is 0.674. The maximum atomic E-state index is 11.6. The lowest BCUT2D eigenvalue weighted by molar-refractivity contribution is 0.739. The number of aryl methyl sites for hydroxylation is 2. The van der Waals surface area contributed by atoms with Gasteiger partial charge >= 0.3 is 5.69 Å². The molecule has 0 spiro atoms. The lowest BCUT2D eigenvalue weighted by Gasteiger charge is -2.02. The number of hydrogen-bond donors (Lipinski definition) is 2. The van der Waals surface area contributed by atoms with E-state index >= 15 is 0 Å². The average Bonchev–Trinajstić information content (AvgIpc) is 2.55. The number of imidazole rings is 1. The first-order valence-corrected chi connectivity index (χ1v) is 5.42. The second kappa shape index (κ2) is 3.96. The van der Waals surface area contributed by atoms with Crippen LogP contribution in [0.2, 0.25) is 0 Å². The SMILES string of the molecule is CCCc1nc(N)c2[nH]c(=O)n(CC)c2n1. The first-order valence-electron chi connectivity index (χ1n) is 5.42. The van der Waals surface area contributed by atoms with Crippen LogP contribution in [-0.2, 0) is 13.0 Å². The van der Waals surface area contributed by atoms with Gasteiger partial charge in [0, 0.05) is 13.0 Å². The van der Waals surface area contributed by atoms with Gasteiger partial charge in [0.05, 0.1) is 0 Å². The fourth-order valence-electron chi connectivity index (χ4n) is 1.73. The van der Waals surface area contributed by atoms with Crippen molar-refractivity contribution in [3.05, 3.63) is 16.3 Å². The maximum Gasteiger partial charge on any atom is 0.327 e. The number of H-pyrrole nitrogens is 1. The van der Waals surface area contributed by atoms with Gasteiger partial charge < -0.3 is 10.7 Å². The Hall–Kier alpha value is -1.85. The molecular weight excluding hydrogens is 206 g/mol. The highest BCUT2D eigenvalue weighted by molar-refractivity contribution is 5.81. The van der Waals surface area contributed by atoms with Gasteiger partial charge in [-0.05, 0) is 13.3 Å². The molecule has 0 radical (unpaired) electrons. The molecule has 0 atom stereocenters. The fraction of sp³-hybridized carbons (Fsp3) is 0.500. The molecule has 0 fully saturated rings. The van der Waals surface area contributed by atoms with E-state index < -0.39 is 0 Å². The Morgan fingerprint density at radius 3 is 2.75 bits per heavy atom. The van der Waals surface area contributed by atoms with Gasteiger partial charge in [-0.1, -0.05) is 6.92 Å². The van der Waals surface area contributed by atoms with E-state index in [-0.39, 0.29) is 5.69 Å². The Balaban J connectivity index is 2.72. The first-order chi connectivity index (χ1) is 7.67. The van der Waals surface area contributed by atoms with Crippen LogP contribution in [0.25, 0.3) is 11.2 Å². The number of anilines is 1. The molecule has 16 heavy (non-hydrogen) atoms. The molecule has 6 nitrogen and oxygen atoms in total. The van der Waals surface area contributed by atoms with Crippen molar-refractivity contribution in [1.29, 1.82) is 0 Å². The number of nitrogen functional groups attached to an aromatic ring is 1. The van der Waals surface area contributed by atoms with Crippen molar-refractivity contribution in [2.45, 2.75) is 33.2 Å². The van der Waals surface area contributed by atoms with Gasteiger partial charge in [-0.2, -0.15) is 0 Å². The molecule has 0 aliphatic rings. The Kier molecular flexibility index (Phi) is 2.64. The van der Waals surface area contributed by atoms with Crippen molar-refractivity contribution in [3.8, 4) is 0 Å². The summed E-state index contributed by atoms with van der Waals surface area (Å²) in [5.74, 6) is 1.03. The van der Waals surface area contributed by atoms with Gasteiger partial charge in [0.1, 0.15) is 11.3 Å². The number of nitrogens with one attached hydrogen (secondary N) is 1. The molecule has 0 saturated carbocycles. The third kappa shape index (κ3) is 1.56. The Bertz CT molecular complexity index is 568. The van der Waals surface area contributed by atoms with Gasteiger partial charge in [-0.3, -0.25) is 4.57 Å². The van der Waals surface area contributed by atoms with Crippen LogP contribution in [-0.4, -0.2) is 19.5 Å². The number of aromatic amines is 1. The van der Waals surface area contributed by atoms with Gasteiger partial charge in [0.25, 0.3) is 0 Å². The zero-order valence-electron chi connectivity index (χ0n) is 9.45. The van der Waals surface area contributed by atoms with Crippen molar-refractivity contribution in [2.24, 2.45) is 0 Å². The zero-order valence-corrected chi connectivity index (χ0v) is 9.45. The molecular formula is C10H15N5O. The fourth-order valence-corrected chi connectivity index (χ4v) is 1.73. The second-order valence-electron chi connectivity index (χ2n) is 3.65. The molecule has 0 aliphatic carbocycles. The van der Waals surface area contributed by atoms with E-state index in [2.05, 4.69) is 15.0 Å².